The number of carboxylic acids is 1. The molecule has 0 aliphatic rings. The lowest BCUT2D eigenvalue weighted by Crippen LogP contribution is -2.20. The van der Waals surface area contributed by atoms with Crippen molar-refractivity contribution in [2.75, 3.05) is 0 Å². The van der Waals surface area contributed by atoms with Crippen LogP contribution in [-0.4, -0.2) is 17.0 Å². The van der Waals surface area contributed by atoms with E-state index in [4.69, 9.17) is 10.8 Å². The number of hydrogen-bond acceptors (Lipinski definition) is 2. The second-order valence-corrected chi connectivity index (χ2v) is 4.95. The van der Waals surface area contributed by atoms with Crippen LogP contribution in [0.15, 0.2) is 0 Å². The zero-order valence-electron chi connectivity index (χ0n) is 10.4. The molecule has 4 nitrogen and oxygen atoms in total. The molecule has 0 saturated carbocycles. The van der Waals surface area contributed by atoms with Gasteiger partial charge < -0.3 is 10.8 Å². The monoisotopic (exact) mass is 229 g/mol. The van der Waals surface area contributed by atoms with E-state index in [9.17, 15) is 9.59 Å². The lowest BCUT2D eigenvalue weighted by atomic mass is 9.85. The first-order chi connectivity index (χ1) is 7.32. The summed E-state index contributed by atoms with van der Waals surface area (Å²) >= 11 is 0. The predicted molar refractivity (Wildman–Crippen MR) is 62.8 cm³/mol. The molecule has 0 bridgehead atoms. The lowest BCUT2D eigenvalue weighted by Gasteiger charge is -2.20. The summed E-state index contributed by atoms with van der Waals surface area (Å²) in [7, 11) is 0. The Morgan fingerprint density at radius 3 is 2.06 bits per heavy atom. The Balaban J connectivity index is 4.01. The van der Waals surface area contributed by atoms with Crippen molar-refractivity contribution >= 4 is 11.9 Å². The highest BCUT2D eigenvalue weighted by atomic mass is 16.4. The number of rotatable bonds is 8. The van der Waals surface area contributed by atoms with Gasteiger partial charge in [-0.3, -0.25) is 9.59 Å². The van der Waals surface area contributed by atoms with Gasteiger partial charge in [0.1, 0.15) is 0 Å². The standard InChI is InChI=1S/C12H23NO3/c1-8(2)10(7-11(13)14)5-4-9(3)6-12(15)16/h8-10H,4-7H2,1-3H3,(H2,13,14)(H,15,16). The fraction of sp³-hybridized carbons (Fsp3) is 0.833. The summed E-state index contributed by atoms with van der Waals surface area (Å²) in [5.41, 5.74) is 5.19. The molecule has 0 aromatic carbocycles. The van der Waals surface area contributed by atoms with E-state index in [0.717, 1.165) is 12.8 Å². The molecule has 4 heteroatoms. The van der Waals surface area contributed by atoms with Crippen molar-refractivity contribution in [2.45, 2.75) is 46.5 Å². The van der Waals surface area contributed by atoms with Gasteiger partial charge in [0.15, 0.2) is 0 Å². The van der Waals surface area contributed by atoms with Crippen molar-refractivity contribution in [3.05, 3.63) is 0 Å². The smallest absolute Gasteiger partial charge is 0.303 e. The van der Waals surface area contributed by atoms with E-state index < -0.39 is 5.97 Å². The molecule has 0 heterocycles. The largest absolute Gasteiger partial charge is 0.481 e. The second-order valence-electron chi connectivity index (χ2n) is 4.95. The summed E-state index contributed by atoms with van der Waals surface area (Å²) in [6, 6.07) is 0. The minimum Gasteiger partial charge on any atom is -0.481 e. The highest BCUT2D eigenvalue weighted by Gasteiger charge is 2.17. The van der Waals surface area contributed by atoms with Gasteiger partial charge in [-0.05, 0) is 30.6 Å². The molecule has 0 aliphatic heterocycles. The maximum Gasteiger partial charge on any atom is 0.303 e. The van der Waals surface area contributed by atoms with Crippen LogP contribution in [0.2, 0.25) is 0 Å². The zero-order chi connectivity index (χ0) is 12.7. The lowest BCUT2D eigenvalue weighted by molar-refractivity contribution is -0.138. The topological polar surface area (TPSA) is 80.4 Å². The molecule has 16 heavy (non-hydrogen) atoms. The fourth-order valence-electron chi connectivity index (χ4n) is 1.83. The average molecular weight is 229 g/mol. The molecule has 0 saturated heterocycles. The van der Waals surface area contributed by atoms with Crippen molar-refractivity contribution in [1.29, 1.82) is 0 Å². The third-order valence-corrected chi connectivity index (χ3v) is 2.96. The van der Waals surface area contributed by atoms with Crippen LogP contribution in [0.25, 0.3) is 0 Å². The molecule has 1 amide bonds. The van der Waals surface area contributed by atoms with Crippen LogP contribution in [-0.2, 0) is 9.59 Å². The summed E-state index contributed by atoms with van der Waals surface area (Å²) in [6.45, 7) is 6.06. The quantitative estimate of drug-likeness (QED) is 0.668. The van der Waals surface area contributed by atoms with E-state index in [1.807, 2.05) is 6.92 Å². The minimum absolute atomic E-state index is 0.159. The Morgan fingerprint density at radius 2 is 1.69 bits per heavy atom. The fourth-order valence-corrected chi connectivity index (χ4v) is 1.83. The SMILES string of the molecule is CC(CCC(CC(N)=O)C(C)C)CC(=O)O. The Bertz CT molecular complexity index is 238. The van der Waals surface area contributed by atoms with Crippen molar-refractivity contribution in [3.8, 4) is 0 Å². The Kier molecular flexibility index (Phi) is 6.77. The molecule has 0 aliphatic carbocycles. The van der Waals surface area contributed by atoms with Gasteiger partial charge in [-0.15, -0.1) is 0 Å². The minimum atomic E-state index is -0.761. The van der Waals surface area contributed by atoms with E-state index in [0.29, 0.717) is 12.3 Å². The summed E-state index contributed by atoms with van der Waals surface area (Å²) in [4.78, 5) is 21.4. The first-order valence-corrected chi connectivity index (χ1v) is 5.83. The maximum absolute atomic E-state index is 10.9. The highest BCUT2D eigenvalue weighted by Crippen LogP contribution is 2.24. The van der Waals surface area contributed by atoms with Gasteiger partial charge in [-0.25, -0.2) is 0 Å². The van der Waals surface area contributed by atoms with Crippen molar-refractivity contribution in [3.63, 3.8) is 0 Å². The number of amides is 1. The number of hydrogen-bond donors (Lipinski definition) is 2. The molecular weight excluding hydrogens is 206 g/mol. The number of nitrogens with two attached hydrogens (primary N) is 1. The van der Waals surface area contributed by atoms with Gasteiger partial charge >= 0.3 is 5.97 Å². The van der Waals surface area contributed by atoms with Crippen LogP contribution < -0.4 is 5.73 Å². The van der Waals surface area contributed by atoms with Crippen LogP contribution in [0.5, 0.6) is 0 Å². The van der Waals surface area contributed by atoms with Crippen molar-refractivity contribution < 1.29 is 14.7 Å². The normalized spacial score (nSPS) is 14.8. The molecule has 0 radical (unpaired) electrons. The first-order valence-electron chi connectivity index (χ1n) is 5.83. The maximum atomic E-state index is 10.9. The van der Waals surface area contributed by atoms with Gasteiger partial charge in [0.25, 0.3) is 0 Å². The zero-order valence-corrected chi connectivity index (χ0v) is 10.4. The molecule has 94 valence electrons. The van der Waals surface area contributed by atoms with E-state index in [1.165, 1.54) is 0 Å². The molecule has 0 fully saturated rings. The van der Waals surface area contributed by atoms with Gasteiger partial charge in [0.05, 0.1) is 0 Å². The number of aliphatic carboxylic acids is 1. The Hall–Kier alpha value is -1.06. The van der Waals surface area contributed by atoms with Crippen LogP contribution in [0.1, 0.15) is 46.5 Å². The molecule has 2 unspecified atom stereocenters. The third-order valence-electron chi connectivity index (χ3n) is 2.96. The van der Waals surface area contributed by atoms with E-state index in [-0.39, 0.29) is 24.2 Å². The molecule has 3 N–H and O–H groups in total. The van der Waals surface area contributed by atoms with E-state index in [1.54, 1.807) is 0 Å². The van der Waals surface area contributed by atoms with Crippen LogP contribution in [0, 0.1) is 17.8 Å². The summed E-state index contributed by atoms with van der Waals surface area (Å²) in [6.07, 6.45) is 2.30. The molecule has 0 aromatic rings. The third kappa shape index (κ3) is 7.26. The molecular formula is C12H23NO3. The Morgan fingerprint density at radius 1 is 1.12 bits per heavy atom. The van der Waals surface area contributed by atoms with Crippen molar-refractivity contribution in [1.82, 2.24) is 0 Å². The molecule has 0 aromatic heterocycles. The van der Waals surface area contributed by atoms with Crippen LogP contribution >= 0.6 is 0 Å². The number of carbonyl (C=O) groups excluding carboxylic acids is 1. The second kappa shape index (κ2) is 7.25. The van der Waals surface area contributed by atoms with E-state index in [2.05, 4.69) is 13.8 Å². The molecule has 2 atom stereocenters. The van der Waals surface area contributed by atoms with Crippen molar-refractivity contribution in [2.24, 2.45) is 23.5 Å². The number of carbonyl (C=O) groups is 2. The first kappa shape index (κ1) is 14.9. The number of primary amides is 1. The van der Waals surface area contributed by atoms with Gasteiger partial charge in [-0.1, -0.05) is 20.8 Å². The molecule has 0 rings (SSSR count). The summed E-state index contributed by atoms with van der Waals surface area (Å²) in [5.74, 6) is -0.196. The van der Waals surface area contributed by atoms with Crippen LogP contribution in [0.4, 0.5) is 0 Å². The van der Waals surface area contributed by atoms with Crippen LogP contribution in [0.3, 0.4) is 0 Å². The highest BCUT2D eigenvalue weighted by molar-refractivity contribution is 5.74. The summed E-state index contributed by atoms with van der Waals surface area (Å²) < 4.78 is 0. The number of carboxylic acid groups (broad SMARTS) is 1. The predicted octanol–water partition coefficient (Wildman–Crippen LogP) is 2.02. The van der Waals surface area contributed by atoms with Gasteiger partial charge in [0.2, 0.25) is 5.91 Å². The van der Waals surface area contributed by atoms with Gasteiger partial charge in [0, 0.05) is 12.8 Å². The van der Waals surface area contributed by atoms with Gasteiger partial charge in [-0.2, -0.15) is 0 Å². The molecule has 0 spiro atoms. The van der Waals surface area contributed by atoms with E-state index >= 15 is 0 Å². The summed E-state index contributed by atoms with van der Waals surface area (Å²) in [5, 5.41) is 8.63. The average Bonchev–Trinajstić information content (AvgIpc) is 2.09. The Labute approximate surface area is 97.2 Å².